The molecule has 0 bridgehead atoms. The van der Waals surface area contributed by atoms with E-state index < -0.39 is 243 Å². The normalized spacial score (nSPS) is 54.4. The molecule has 0 aromatic carbocycles. The van der Waals surface area contributed by atoms with Crippen molar-refractivity contribution >= 4 is 11.9 Å². The van der Waals surface area contributed by atoms with Gasteiger partial charge in [-0.15, -0.1) is 0 Å². The summed E-state index contributed by atoms with van der Waals surface area (Å²) in [5.41, 5.74) is -8.16. The largest absolute Gasteiger partial charge is 0.481 e. The maximum Gasteiger partial charge on any atom is 0.317 e. The van der Waals surface area contributed by atoms with Gasteiger partial charge in [0.1, 0.15) is 102 Å². The number of carbonyl (C=O) groups is 2. The Morgan fingerprint density at radius 2 is 1.24 bits per heavy atom. The molecule has 3 unspecified atom stereocenters. The number of allylic oxidation sites excluding steroid dienone is 2. The molecular weight excluding hydrogens is 1150 g/mol. The highest BCUT2D eigenvalue weighted by atomic mass is 16.8. The van der Waals surface area contributed by atoms with E-state index in [2.05, 4.69) is 20.8 Å². The molecule has 5 aliphatic heterocycles. The summed E-state index contributed by atoms with van der Waals surface area (Å²) >= 11 is 0. The lowest BCUT2D eigenvalue weighted by atomic mass is 9.33. The first-order valence-electron chi connectivity index (χ1n) is 29.9. The van der Waals surface area contributed by atoms with Crippen molar-refractivity contribution in [3.05, 3.63) is 11.6 Å². The predicted octanol–water partition coefficient (Wildman–Crippen LogP) is -5.29. The molecule has 10 rings (SSSR count). The second-order valence-electron chi connectivity index (χ2n) is 27.8. The fourth-order valence-electron chi connectivity index (χ4n) is 17.4. The molecule has 0 aromatic rings. The number of carbonyl (C=O) groups excluding carboxylic acids is 1. The number of aliphatic carboxylic acids is 1. The van der Waals surface area contributed by atoms with Crippen molar-refractivity contribution < 1.29 is 144 Å². The Morgan fingerprint density at radius 1 is 0.616 bits per heavy atom. The van der Waals surface area contributed by atoms with Crippen LogP contribution in [0.25, 0.3) is 0 Å². The Hall–Kier alpha value is -2.32. The Bertz CT molecular complexity index is 2470. The Kier molecular flexibility index (Phi) is 18.6. The van der Waals surface area contributed by atoms with Gasteiger partial charge in [-0.3, -0.25) is 9.59 Å². The fourth-order valence-corrected chi connectivity index (χ4v) is 17.4. The molecule has 29 heteroatoms. The first-order valence-corrected chi connectivity index (χ1v) is 29.9. The fraction of sp³-hybridized carbons (Fsp3) is 0.930. The van der Waals surface area contributed by atoms with Gasteiger partial charge in [-0.2, -0.15) is 0 Å². The topological polar surface area (TPSA) is 470 Å². The number of aliphatic hydroxyl groups excluding tert-OH is 15. The molecule has 5 saturated heterocycles. The van der Waals surface area contributed by atoms with E-state index in [4.69, 9.17) is 47.4 Å². The van der Waals surface area contributed by atoms with E-state index in [1.165, 1.54) is 6.92 Å². The molecule has 4 saturated carbocycles. The van der Waals surface area contributed by atoms with Crippen LogP contribution >= 0.6 is 0 Å². The van der Waals surface area contributed by atoms with Gasteiger partial charge in [-0.1, -0.05) is 46.3 Å². The van der Waals surface area contributed by atoms with Crippen molar-refractivity contribution in [3.63, 3.8) is 0 Å². The summed E-state index contributed by atoms with van der Waals surface area (Å²) in [6.45, 7) is 7.00. The average Bonchev–Trinajstić information content (AvgIpc) is 0.775. The van der Waals surface area contributed by atoms with E-state index in [-0.39, 0.29) is 31.1 Å². The average molecular weight is 1240 g/mol. The van der Waals surface area contributed by atoms with Gasteiger partial charge in [0.15, 0.2) is 31.3 Å². The van der Waals surface area contributed by atoms with Crippen molar-refractivity contribution in [3.8, 4) is 0 Å². The van der Waals surface area contributed by atoms with Crippen LogP contribution in [-0.2, 0) is 57.0 Å². The molecule has 86 heavy (non-hydrogen) atoms. The SMILES string of the molecule is C[C@@H]1O[C@@H](O[C@H]2[C@H](OC(=O)[C@]34CCC(C)(C)C[C@H]3C3=CCC5[C@@]6(C)C[C@H](O)[C@H](OC7O[C@H](CO)[C@@H](O)[C@H](O)[C@H]7O)[C@](CO)(C(=O)O)C6CC[C@@]5(C)[C@]3(C)C[C@H]4O)O[C@@H](CO)[C@@H]2O)[C@H](O)[C@H](O)[C@H]1O[C@@H]1OC[C@@H](O)[C@H](O[C@@H]2OC[C@](O)(CO)[C@H]2O)[C@H]1O. The first-order chi connectivity index (χ1) is 40.3. The van der Waals surface area contributed by atoms with Gasteiger partial charge in [0, 0.05) is 0 Å². The van der Waals surface area contributed by atoms with Crippen LogP contribution in [0.1, 0.15) is 92.9 Å². The van der Waals surface area contributed by atoms with E-state index in [1.807, 2.05) is 19.9 Å². The Morgan fingerprint density at radius 3 is 1.88 bits per heavy atom. The number of hydrogen-bond acceptors (Lipinski definition) is 28. The van der Waals surface area contributed by atoms with Crippen LogP contribution in [-0.4, -0.2) is 285 Å². The lowest BCUT2D eigenvalue weighted by molar-refractivity contribution is -0.360. The standard InChI is InChI=1S/C57H90O29/c1-22-39(82-44-38(71)40(26(63)18-77-44)83-48-42(72)55(76,19-60)21-78-48)35(68)37(70)45(79-22)84-41-33(66)28(17-59)81-47(41)86-50(75)56-12-11-51(2,3)13-24(56)23-7-8-29-52(4)14-25(62)43(85-46-36(69)34(67)32(65)27(16-58)80-46)57(20-61,49(73)74)30(52)9-10-53(29,5)54(23,6)15-31(56)64/h7,22,24-48,58-72,76H,8-21H2,1-6H3,(H,73,74)/t22-,24-,25-,26+,27+,28-,29?,30?,31+,32+,33-,34-,35-,36+,37+,38+,39-,40-,41+,42-,43-,44-,45-,46?,47-,48-,52+,53+,54+,55+,56+,57+/m0/s1. The van der Waals surface area contributed by atoms with Gasteiger partial charge in [-0.05, 0) is 97.7 Å². The van der Waals surface area contributed by atoms with Crippen LogP contribution in [0.3, 0.4) is 0 Å². The van der Waals surface area contributed by atoms with Crippen molar-refractivity contribution in [2.45, 2.75) is 240 Å². The van der Waals surface area contributed by atoms with Crippen LogP contribution < -0.4 is 0 Å². The number of ether oxygens (including phenoxy) is 10. The van der Waals surface area contributed by atoms with Gasteiger partial charge < -0.3 is 134 Å². The number of fused-ring (bicyclic) bond motifs is 7. The molecule has 32 atom stereocenters. The molecule has 5 aliphatic carbocycles. The molecule has 5 heterocycles. The van der Waals surface area contributed by atoms with E-state index in [0.29, 0.717) is 25.7 Å². The van der Waals surface area contributed by atoms with E-state index in [1.54, 1.807) is 0 Å². The summed E-state index contributed by atoms with van der Waals surface area (Å²) in [7, 11) is 0. The summed E-state index contributed by atoms with van der Waals surface area (Å²) < 4.78 is 58.3. The molecule has 29 nitrogen and oxygen atoms in total. The first kappa shape index (κ1) is 66.6. The summed E-state index contributed by atoms with van der Waals surface area (Å²) in [4.78, 5) is 29.3. The van der Waals surface area contributed by atoms with Gasteiger partial charge in [0.05, 0.1) is 58.0 Å². The van der Waals surface area contributed by atoms with Crippen molar-refractivity contribution in [1.29, 1.82) is 0 Å². The van der Waals surface area contributed by atoms with E-state index in [9.17, 15) is 91.6 Å². The monoisotopic (exact) mass is 1240 g/mol. The highest BCUT2D eigenvalue weighted by Gasteiger charge is 2.75. The van der Waals surface area contributed by atoms with Crippen molar-refractivity contribution in [1.82, 2.24) is 0 Å². The predicted molar refractivity (Wildman–Crippen MR) is 282 cm³/mol. The smallest absolute Gasteiger partial charge is 0.317 e. The zero-order valence-corrected chi connectivity index (χ0v) is 49.0. The molecule has 9 fully saturated rings. The molecular formula is C57H90O29. The number of hydrogen-bond donors (Lipinski definition) is 17. The number of aliphatic hydroxyl groups is 16. The minimum Gasteiger partial charge on any atom is -0.481 e. The van der Waals surface area contributed by atoms with Gasteiger partial charge in [-0.25, -0.2) is 0 Å². The van der Waals surface area contributed by atoms with Crippen LogP contribution in [0.2, 0.25) is 0 Å². The van der Waals surface area contributed by atoms with Crippen LogP contribution in [0.4, 0.5) is 0 Å². The van der Waals surface area contributed by atoms with Gasteiger partial charge in [0.25, 0.3) is 0 Å². The highest BCUT2D eigenvalue weighted by molar-refractivity contribution is 5.80. The summed E-state index contributed by atoms with van der Waals surface area (Å²) in [6.07, 6.45) is -34.6. The third kappa shape index (κ3) is 10.3. The van der Waals surface area contributed by atoms with E-state index in [0.717, 1.165) is 5.57 Å². The summed E-state index contributed by atoms with van der Waals surface area (Å²) in [5, 5.41) is 187. The second-order valence-corrected chi connectivity index (χ2v) is 27.8. The zero-order chi connectivity index (χ0) is 62.9. The lowest BCUT2D eigenvalue weighted by Crippen LogP contribution is -2.72. The third-order valence-electron chi connectivity index (χ3n) is 22.6. The second kappa shape index (κ2) is 24.0. The summed E-state index contributed by atoms with van der Waals surface area (Å²) in [6, 6.07) is 0. The maximum absolute atomic E-state index is 15.4. The molecule has 0 radical (unpaired) electrons. The van der Waals surface area contributed by atoms with Crippen LogP contribution in [0.5, 0.6) is 0 Å². The Balaban J connectivity index is 0.872. The van der Waals surface area contributed by atoms with Gasteiger partial charge >= 0.3 is 11.9 Å². The maximum atomic E-state index is 15.4. The summed E-state index contributed by atoms with van der Waals surface area (Å²) in [5.74, 6) is -4.37. The van der Waals surface area contributed by atoms with Crippen LogP contribution in [0, 0.1) is 50.2 Å². The minimum atomic E-state index is -2.21. The molecule has 0 aromatic heterocycles. The quantitative estimate of drug-likeness (QED) is 0.0414. The molecule has 492 valence electrons. The number of rotatable bonds is 15. The highest BCUT2D eigenvalue weighted by Crippen LogP contribution is 2.76. The number of carboxylic acids is 1. The van der Waals surface area contributed by atoms with Crippen molar-refractivity contribution in [2.24, 2.45) is 50.2 Å². The van der Waals surface area contributed by atoms with Gasteiger partial charge in [0.2, 0.25) is 6.29 Å². The number of esters is 1. The number of carboxylic acid groups (broad SMARTS) is 1. The van der Waals surface area contributed by atoms with Crippen molar-refractivity contribution in [2.75, 3.05) is 39.6 Å². The zero-order valence-electron chi connectivity index (χ0n) is 49.0. The molecule has 0 amide bonds. The minimum absolute atomic E-state index is 0.00671. The third-order valence-corrected chi connectivity index (χ3v) is 22.6. The Labute approximate surface area is 495 Å². The van der Waals surface area contributed by atoms with Crippen LogP contribution in [0.15, 0.2) is 11.6 Å². The lowest BCUT2D eigenvalue weighted by Gasteiger charge is -2.72. The molecule has 17 N–H and O–H groups in total. The molecule has 0 spiro atoms. The van der Waals surface area contributed by atoms with E-state index >= 15 is 4.79 Å². The molecule has 10 aliphatic rings.